The molecule has 4 heteroatoms. The number of rotatable bonds is 4. The minimum Gasteiger partial charge on any atom is -0.317 e. The van der Waals surface area contributed by atoms with Crippen molar-refractivity contribution in [3.8, 4) is 0 Å². The van der Waals surface area contributed by atoms with Gasteiger partial charge in [-0.1, -0.05) is 0 Å². The van der Waals surface area contributed by atoms with E-state index in [1.54, 1.807) is 0 Å². The zero-order chi connectivity index (χ0) is 11.7. The molecule has 1 aromatic heterocycles. The number of nitrogens with zero attached hydrogens (tertiary/aromatic N) is 2. The van der Waals surface area contributed by atoms with Gasteiger partial charge in [0, 0.05) is 36.5 Å². The molecule has 1 aliphatic carbocycles. The summed E-state index contributed by atoms with van der Waals surface area (Å²) >= 11 is 1.85. The molecule has 1 aromatic rings. The van der Waals surface area contributed by atoms with Gasteiger partial charge in [0.25, 0.3) is 0 Å². The van der Waals surface area contributed by atoms with Crippen LogP contribution in [0, 0.1) is 0 Å². The van der Waals surface area contributed by atoms with E-state index in [4.69, 9.17) is 0 Å². The Labute approximate surface area is 107 Å². The van der Waals surface area contributed by atoms with E-state index in [1.165, 1.54) is 49.3 Å². The van der Waals surface area contributed by atoms with Crippen molar-refractivity contribution >= 4 is 11.3 Å². The third-order valence-electron chi connectivity index (χ3n) is 4.00. The van der Waals surface area contributed by atoms with Crippen LogP contribution in [-0.2, 0) is 6.54 Å². The average molecular weight is 251 g/mol. The van der Waals surface area contributed by atoms with Crippen LogP contribution in [0.1, 0.15) is 42.2 Å². The zero-order valence-electron chi connectivity index (χ0n) is 10.5. The normalized spacial score (nSPS) is 23.1. The molecule has 17 heavy (non-hydrogen) atoms. The number of hydrogen-bond acceptors (Lipinski definition) is 4. The first-order valence-corrected chi connectivity index (χ1v) is 7.56. The lowest BCUT2D eigenvalue weighted by molar-refractivity contribution is 0.195. The summed E-state index contributed by atoms with van der Waals surface area (Å²) in [5, 5.41) is 3.39. The number of likely N-dealkylation sites (tertiary alicyclic amines) is 1. The fourth-order valence-corrected chi connectivity index (χ4v) is 3.56. The van der Waals surface area contributed by atoms with Crippen molar-refractivity contribution in [2.75, 3.05) is 20.1 Å². The molecule has 1 aliphatic heterocycles. The monoisotopic (exact) mass is 251 g/mol. The van der Waals surface area contributed by atoms with Crippen molar-refractivity contribution in [3.05, 3.63) is 16.1 Å². The van der Waals surface area contributed by atoms with Crippen LogP contribution in [0.5, 0.6) is 0 Å². The van der Waals surface area contributed by atoms with Crippen molar-refractivity contribution < 1.29 is 0 Å². The Morgan fingerprint density at radius 3 is 2.76 bits per heavy atom. The first-order valence-electron chi connectivity index (χ1n) is 6.68. The molecule has 1 saturated heterocycles. The molecule has 2 aliphatic rings. The van der Waals surface area contributed by atoms with Crippen LogP contribution in [0.3, 0.4) is 0 Å². The Bertz CT molecular complexity index is 364. The summed E-state index contributed by atoms with van der Waals surface area (Å²) in [6.07, 6.45) is 5.29. The minimum atomic E-state index is 0.732. The molecule has 0 aromatic carbocycles. The predicted octanol–water partition coefficient (Wildman–Crippen LogP) is 2.20. The van der Waals surface area contributed by atoms with Gasteiger partial charge in [0.1, 0.15) is 0 Å². The van der Waals surface area contributed by atoms with Gasteiger partial charge in [0.2, 0.25) is 0 Å². The maximum atomic E-state index is 4.55. The summed E-state index contributed by atoms with van der Waals surface area (Å²) in [5.74, 6) is 0.797. The van der Waals surface area contributed by atoms with E-state index in [0.717, 1.165) is 18.5 Å². The zero-order valence-corrected chi connectivity index (χ0v) is 11.3. The summed E-state index contributed by atoms with van der Waals surface area (Å²) in [6.45, 7) is 3.59. The number of aromatic nitrogens is 1. The van der Waals surface area contributed by atoms with E-state index in [0.29, 0.717) is 0 Å². The van der Waals surface area contributed by atoms with Crippen LogP contribution in [0.2, 0.25) is 0 Å². The molecule has 94 valence electrons. The van der Waals surface area contributed by atoms with Crippen LogP contribution in [0.15, 0.2) is 5.51 Å². The van der Waals surface area contributed by atoms with Gasteiger partial charge in [-0.2, -0.15) is 0 Å². The van der Waals surface area contributed by atoms with Gasteiger partial charge in [-0.15, -0.1) is 11.3 Å². The van der Waals surface area contributed by atoms with Crippen molar-refractivity contribution in [2.45, 2.75) is 44.2 Å². The summed E-state index contributed by atoms with van der Waals surface area (Å²) in [5.41, 5.74) is 3.44. The van der Waals surface area contributed by atoms with Gasteiger partial charge in [-0.25, -0.2) is 4.98 Å². The molecule has 0 amide bonds. The minimum absolute atomic E-state index is 0.732. The van der Waals surface area contributed by atoms with Crippen molar-refractivity contribution in [1.29, 1.82) is 0 Å². The second kappa shape index (κ2) is 5.04. The maximum Gasteiger partial charge on any atom is 0.0798 e. The topological polar surface area (TPSA) is 28.2 Å². The highest BCUT2D eigenvalue weighted by atomic mass is 32.1. The first-order chi connectivity index (χ1) is 8.36. The van der Waals surface area contributed by atoms with E-state index < -0.39 is 0 Å². The number of thiazole rings is 1. The van der Waals surface area contributed by atoms with E-state index in [9.17, 15) is 0 Å². The number of hydrogen-bond donors (Lipinski definition) is 1. The SMILES string of the molecule is CNC1CCN(Cc2scnc2C2CC2)CC1. The van der Waals surface area contributed by atoms with Gasteiger partial charge in [0.15, 0.2) is 0 Å². The number of piperidine rings is 1. The lowest BCUT2D eigenvalue weighted by Crippen LogP contribution is -2.40. The van der Waals surface area contributed by atoms with Crippen LogP contribution < -0.4 is 5.32 Å². The maximum absolute atomic E-state index is 4.55. The van der Waals surface area contributed by atoms with Crippen LogP contribution in [0.4, 0.5) is 0 Å². The third-order valence-corrected chi connectivity index (χ3v) is 4.83. The summed E-state index contributed by atoms with van der Waals surface area (Å²) in [6, 6.07) is 0.732. The molecule has 1 N–H and O–H groups in total. The first kappa shape index (κ1) is 11.6. The highest BCUT2D eigenvalue weighted by Gasteiger charge is 2.29. The van der Waals surface area contributed by atoms with Crippen molar-refractivity contribution in [3.63, 3.8) is 0 Å². The summed E-state index contributed by atoms with van der Waals surface area (Å²) < 4.78 is 0. The van der Waals surface area contributed by atoms with E-state index in [-0.39, 0.29) is 0 Å². The van der Waals surface area contributed by atoms with Crippen LogP contribution >= 0.6 is 11.3 Å². The lowest BCUT2D eigenvalue weighted by Gasteiger charge is -2.31. The molecule has 3 rings (SSSR count). The molecule has 0 unspecified atom stereocenters. The second-order valence-electron chi connectivity index (χ2n) is 5.27. The molecule has 0 radical (unpaired) electrons. The standard InChI is InChI=1S/C13H21N3S/c1-14-11-4-6-16(7-5-11)8-12-13(10-2-3-10)15-9-17-12/h9-11,14H,2-8H2,1H3. The molecule has 0 atom stereocenters. The van der Waals surface area contributed by atoms with Crippen LogP contribution in [-0.4, -0.2) is 36.1 Å². The van der Waals surface area contributed by atoms with Crippen molar-refractivity contribution in [2.24, 2.45) is 0 Å². The fourth-order valence-electron chi connectivity index (χ4n) is 2.67. The van der Waals surface area contributed by atoms with Gasteiger partial charge in [-0.3, -0.25) is 4.90 Å². The Kier molecular flexibility index (Phi) is 3.45. The van der Waals surface area contributed by atoms with Gasteiger partial charge < -0.3 is 5.32 Å². The molecule has 0 spiro atoms. The Morgan fingerprint density at radius 2 is 2.12 bits per heavy atom. The highest BCUT2D eigenvalue weighted by Crippen LogP contribution is 2.42. The average Bonchev–Trinajstić information content (AvgIpc) is 3.11. The highest BCUT2D eigenvalue weighted by molar-refractivity contribution is 7.09. The molecule has 0 bridgehead atoms. The van der Waals surface area contributed by atoms with E-state index in [1.807, 2.05) is 16.8 Å². The Hall–Kier alpha value is -0.450. The van der Waals surface area contributed by atoms with E-state index >= 15 is 0 Å². The smallest absolute Gasteiger partial charge is 0.0798 e. The fraction of sp³-hybridized carbons (Fsp3) is 0.769. The Balaban J connectivity index is 1.58. The number of nitrogens with one attached hydrogen (secondary N) is 1. The molecule has 1 saturated carbocycles. The Morgan fingerprint density at radius 1 is 1.35 bits per heavy atom. The molecule has 2 heterocycles. The molecule has 2 fully saturated rings. The second-order valence-corrected chi connectivity index (χ2v) is 6.21. The lowest BCUT2D eigenvalue weighted by atomic mass is 10.1. The summed E-state index contributed by atoms with van der Waals surface area (Å²) in [7, 11) is 2.08. The predicted molar refractivity (Wildman–Crippen MR) is 71.4 cm³/mol. The van der Waals surface area contributed by atoms with Gasteiger partial charge in [0.05, 0.1) is 11.2 Å². The molecular weight excluding hydrogens is 230 g/mol. The molecule has 3 nitrogen and oxygen atoms in total. The summed E-state index contributed by atoms with van der Waals surface area (Å²) in [4.78, 5) is 8.67. The largest absolute Gasteiger partial charge is 0.317 e. The quantitative estimate of drug-likeness (QED) is 0.889. The van der Waals surface area contributed by atoms with Gasteiger partial charge >= 0.3 is 0 Å². The molecular formula is C13H21N3S. The van der Waals surface area contributed by atoms with Crippen LogP contribution in [0.25, 0.3) is 0 Å². The van der Waals surface area contributed by atoms with Crippen molar-refractivity contribution in [1.82, 2.24) is 15.2 Å². The van der Waals surface area contributed by atoms with E-state index in [2.05, 4.69) is 22.2 Å². The third kappa shape index (κ3) is 2.69. The van der Waals surface area contributed by atoms with Gasteiger partial charge in [-0.05, 0) is 32.7 Å².